The average Bonchev–Trinajstić information content (AvgIpc) is 0.788. The molecular weight excluding hydrogens is 1710 g/mol. The highest BCUT2D eigenvalue weighted by molar-refractivity contribution is 7.97. The minimum absolute atomic E-state index is 0.00671. The number of fused-ring (bicyclic) bond motifs is 1. The molecule has 16 aliphatic rings. The zero-order valence-electron chi connectivity index (χ0n) is 72.9. The summed E-state index contributed by atoms with van der Waals surface area (Å²) >= 11 is 0. The molecule has 5 aromatic carbocycles. The molecule has 11 aliphatic carbocycles. The third-order valence-electron chi connectivity index (χ3n) is 27.2. The molecule has 0 aromatic heterocycles. The normalized spacial score (nSPS) is 29.0. The molecule has 21 rings (SSSR count). The van der Waals surface area contributed by atoms with Crippen LogP contribution in [0.1, 0.15) is 206 Å². The standard InChI is InChI=1S/C21H26F2O2.C13H16F2O3.C11H12F2O4.4C11H13OS.C10H16F2O2/c1-14-3-5-17(6-4-14)21-10-15-7-16(11-21)9-20(8-15,12-21)13-25-18(24)19(2,22)23;1-12(14,15)11(17)18-13-4-7-2-8(5-13)10(16)9(3-7)6-13;1-11(12,13)10(15)17-7-4-2-5-6(3-4)9(14)16-8(5)7;4*12-10-6-8-13(9-7-10)11-4-2-1-3-5-11;1-10(11,12)9(13)14-7-8-5-3-2-4-6-8/h3-6,15-16H,7-13H2,1-2H3;7-9H,2-6H2,1H3;4-8H,2-3H2,1H3;4*1-5H,6-9H2;8H,2-7H2,1H3/q;;;4*+1;. The van der Waals surface area contributed by atoms with E-state index in [0.29, 0.717) is 138 Å². The third kappa shape index (κ3) is 26.7. The van der Waals surface area contributed by atoms with Gasteiger partial charge >= 0.3 is 53.5 Å². The van der Waals surface area contributed by atoms with Gasteiger partial charge in [0.1, 0.15) is 92.7 Å². The molecule has 126 heavy (non-hydrogen) atoms. The van der Waals surface area contributed by atoms with Crippen molar-refractivity contribution >= 4 is 102 Å². The first-order valence-corrected chi connectivity index (χ1v) is 51.1. The first-order valence-electron chi connectivity index (χ1n) is 44.9. The molecule has 9 unspecified atom stereocenters. The summed E-state index contributed by atoms with van der Waals surface area (Å²) in [6.07, 6.45) is 21.7. The molecule has 5 aromatic rings. The number of halogens is 8. The lowest BCUT2D eigenvalue weighted by molar-refractivity contribution is -0.207. The lowest BCUT2D eigenvalue weighted by Crippen LogP contribution is -2.57. The molecule has 5 heterocycles. The minimum Gasteiger partial charge on any atom is -0.461 e. The van der Waals surface area contributed by atoms with Gasteiger partial charge < -0.3 is 23.7 Å². The van der Waals surface area contributed by atoms with Crippen LogP contribution in [0.3, 0.4) is 0 Å². The van der Waals surface area contributed by atoms with E-state index in [2.05, 4.69) is 133 Å². The van der Waals surface area contributed by atoms with Gasteiger partial charge in [0.15, 0.2) is 19.6 Å². The second-order valence-electron chi connectivity index (χ2n) is 37.4. The van der Waals surface area contributed by atoms with E-state index in [-0.39, 0.29) is 71.3 Å². The fourth-order valence-electron chi connectivity index (χ4n) is 21.5. The Bertz CT molecular complexity index is 4210. The summed E-state index contributed by atoms with van der Waals surface area (Å²) in [4.78, 5) is 118. The van der Waals surface area contributed by atoms with Crippen molar-refractivity contribution < 1.29 is 107 Å². The molecule has 11 saturated carbocycles. The van der Waals surface area contributed by atoms with Crippen LogP contribution in [0, 0.1) is 65.6 Å². The van der Waals surface area contributed by atoms with Gasteiger partial charge in [-0.3, -0.25) is 28.8 Å². The van der Waals surface area contributed by atoms with Gasteiger partial charge in [0.25, 0.3) is 0 Å². The Morgan fingerprint density at radius 3 is 1.21 bits per heavy atom. The summed E-state index contributed by atoms with van der Waals surface area (Å²) in [6.45, 7) is 4.64. The topological polar surface area (TPSA) is 217 Å². The highest BCUT2D eigenvalue weighted by atomic mass is 32.2. The van der Waals surface area contributed by atoms with Crippen molar-refractivity contribution in [2.75, 3.05) is 59.2 Å². The first kappa shape index (κ1) is 97.7. The summed E-state index contributed by atoms with van der Waals surface area (Å²) in [7, 11) is 1.40. The van der Waals surface area contributed by atoms with Gasteiger partial charge in [-0.15, -0.1) is 0 Å². The second kappa shape index (κ2) is 43.1. The zero-order chi connectivity index (χ0) is 90.4. The number of carbonyl (C=O) groups excluding carboxylic acids is 10. The molecule has 16 fully saturated rings. The quantitative estimate of drug-likeness (QED) is 0.0412. The number of ketones is 5. The lowest BCUT2D eigenvalue weighted by atomic mass is 9.43. The molecule has 684 valence electrons. The molecule has 0 spiro atoms. The maximum Gasteiger partial charge on any atom is 0.377 e. The van der Waals surface area contributed by atoms with E-state index in [0.717, 1.165) is 162 Å². The van der Waals surface area contributed by atoms with Crippen LogP contribution >= 0.6 is 0 Å². The Morgan fingerprint density at radius 1 is 0.429 bits per heavy atom. The number of hydrogen-bond acceptors (Lipinski definition) is 15. The van der Waals surface area contributed by atoms with Crippen LogP contribution in [0.2, 0.25) is 0 Å². The molecule has 27 heteroatoms. The van der Waals surface area contributed by atoms with Crippen molar-refractivity contribution in [2.24, 2.45) is 58.7 Å². The summed E-state index contributed by atoms with van der Waals surface area (Å²) in [6, 6.07) is 51.1. The van der Waals surface area contributed by atoms with Gasteiger partial charge in [-0.05, 0) is 186 Å². The largest absolute Gasteiger partial charge is 0.461 e. The van der Waals surface area contributed by atoms with Crippen molar-refractivity contribution in [3.8, 4) is 0 Å². The molecule has 10 bridgehead atoms. The minimum atomic E-state index is -3.50. The Hall–Kier alpha value is -7.36. The number of alkyl halides is 8. The first-order chi connectivity index (χ1) is 59.8. The monoisotopic (exact) mass is 1830 g/mol. The predicted octanol–water partition coefficient (Wildman–Crippen LogP) is 19.4. The number of benzene rings is 5. The van der Waals surface area contributed by atoms with E-state index >= 15 is 0 Å². The van der Waals surface area contributed by atoms with E-state index in [1.165, 1.54) is 56.4 Å². The summed E-state index contributed by atoms with van der Waals surface area (Å²) in [5.74, 6) is -7.45. The molecule has 9 atom stereocenters. The van der Waals surface area contributed by atoms with Gasteiger partial charge in [0.05, 0.1) is 70.5 Å². The van der Waals surface area contributed by atoms with E-state index in [4.69, 9.17) is 18.9 Å². The number of ether oxygens (including phenoxy) is 5. The number of rotatable bonds is 15. The van der Waals surface area contributed by atoms with Gasteiger partial charge in [0.2, 0.25) is 0 Å². The molecule has 5 saturated heterocycles. The molecular formula is C99H122F8O15S4+4. The van der Waals surface area contributed by atoms with Crippen molar-refractivity contribution in [3.05, 3.63) is 157 Å². The summed E-state index contributed by atoms with van der Waals surface area (Å²) < 4.78 is 127. The average molecular weight is 1830 g/mol. The van der Waals surface area contributed by atoms with Crippen molar-refractivity contribution in [1.82, 2.24) is 0 Å². The van der Waals surface area contributed by atoms with Crippen LogP contribution in [0.15, 0.2) is 165 Å². The van der Waals surface area contributed by atoms with E-state index in [1.54, 1.807) is 0 Å². The van der Waals surface area contributed by atoms with Crippen molar-refractivity contribution in [3.63, 3.8) is 0 Å². The van der Waals surface area contributed by atoms with E-state index < -0.39 is 65.4 Å². The predicted molar refractivity (Wildman–Crippen MR) is 472 cm³/mol. The van der Waals surface area contributed by atoms with Gasteiger partial charge in [0, 0.05) is 100 Å². The van der Waals surface area contributed by atoms with Crippen LogP contribution in [-0.4, -0.2) is 159 Å². The second-order valence-corrected chi connectivity index (χ2v) is 46.5. The van der Waals surface area contributed by atoms with E-state index in [1.807, 2.05) is 24.3 Å². The summed E-state index contributed by atoms with van der Waals surface area (Å²) in [5, 5.41) is 0. The van der Waals surface area contributed by atoms with Crippen LogP contribution in [0.5, 0.6) is 0 Å². The number of aryl methyl sites for hydroxylation is 1. The number of Topliss-reactive ketones (excluding diaryl/α,β-unsaturated/α-hetero) is 5. The van der Waals surface area contributed by atoms with Crippen LogP contribution in [0.4, 0.5) is 35.1 Å². The lowest BCUT2D eigenvalue weighted by Gasteiger charge is -2.62. The third-order valence-corrected chi connectivity index (χ3v) is 36.5. The maximum absolute atomic E-state index is 13.2. The van der Waals surface area contributed by atoms with Crippen LogP contribution in [-0.2, 0) is 121 Å². The van der Waals surface area contributed by atoms with Crippen molar-refractivity contribution in [2.45, 2.75) is 268 Å². The van der Waals surface area contributed by atoms with Gasteiger partial charge in [-0.1, -0.05) is 122 Å². The Balaban J connectivity index is 0.000000133. The van der Waals surface area contributed by atoms with Gasteiger partial charge in [-0.2, -0.15) is 35.1 Å². The fourth-order valence-corrected chi connectivity index (χ4v) is 30.1. The SMILES string of the molecule is CC(F)(F)C(=O)OC12CC3CC(C1)C(=O)C(C3)C2.CC(F)(F)C(=O)OC1C2CC3C(=O)OC1C3C2.CC(F)(F)C(=O)OCC1CCCCC1.Cc1ccc(C23CC4CC(CC(COC(=O)C(C)(F)F)(C4)C2)C3)cc1.O=C1CC[S+](c2ccccc2)CC1.O=C1CC[S+](c2ccccc2)CC1.O=C1CC[S+](c2ccccc2)CC1.O=C1CC[S+](c2ccccc2)CC1. The number of carbonyl (C=O) groups is 10. The van der Waals surface area contributed by atoms with Crippen LogP contribution in [0.25, 0.3) is 0 Å². The molecule has 5 aliphatic heterocycles. The fraction of sp³-hybridized carbons (Fsp3) is 0.596. The highest BCUT2D eigenvalue weighted by Crippen LogP contribution is 2.66. The number of hydrogen-bond donors (Lipinski definition) is 0. The zero-order valence-corrected chi connectivity index (χ0v) is 76.2. The highest BCUT2D eigenvalue weighted by Gasteiger charge is 2.65. The molecule has 0 radical (unpaired) electrons. The van der Waals surface area contributed by atoms with Gasteiger partial charge in [-0.25, -0.2) is 19.2 Å². The molecule has 0 N–H and O–H groups in total. The maximum atomic E-state index is 13.2. The van der Waals surface area contributed by atoms with Crippen LogP contribution < -0.4 is 0 Å². The smallest absolute Gasteiger partial charge is 0.377 e. The van der Waals surface area contributed by atoms with E-state index in [9.17, 15) is 83.1 Å². The number of esters is 5. The van der Waals surface area contributed by atoms with Crippen molar-refractivity contribution in [1.29, 1.82) is 0 Å². The summed E-state index contributed by atoms with van der Waals surface area (Å²) in [5.41, 5.74) is 1.86. The Labute approximate surface area is 747 Å². The molecule has 15 nitrogen and oxygen atoms in total. The molecule has 0 amide bonds. The Morgan fingerprint density at radius 2 is 0.817 bits per heavy atom. The Kier molecular flexibility index (Phi) is 33.4.